The normalized spacial score (nSPS) is 9.38. The van der Waals surface area contributed by atoms with E-state index in [9.17, 15) is 4.79 Å². The van der Waals surface area contributed by atoms with Crippen molar-refractivity contribution in [1.82, 2.24) is 0 Å². The molecule has 4 heteroatoms. The predicted octanol–water partition coefficient (Wildman–Crippen LogP) is 3.23. The van der Waals surface area contributed by atoms with E-state index in [1.165, 1.54) is 6.08 Å². The molecule has 0 aliphatic rings. The largest absolute Gasteiger partial charge is 0.321 e. The number of nitrogens with one attached hydrogen (secondary N) is 1. The number of hydrogen-bond donors (Lipinski definition) is 1. The maximum Gasteiger partial charge on any atom is 0.247 e. The van der Waals surface area contributed by atoms with Crippen molar-refractivity contribution < 1.29 is 4.79 Å². The van der Waals surface area contributed by atoms with Crippen molar-refractivity contribution in [3.63, 3.8) is 0 Å². The summed E-state index contributed by atoms with van der Waals surface area (Å²) in [4.78, 5) is 11.0. The van der Waals surface area contributed by atoms with Crippen LogP contribution in [-0.2, 0) is 4.79 Å². The second-order valence-corrected chi connectivity index (χ2v) is 3.49. The SMILES string of the molecule is C=CC(=O)Nc1cccc(Cl)c1Br. The lowest BCUT2D eigenvalue weighted by Crippen LogP contribution is -2.07. The monoisotopic (exact) mass is 259 g/mol. The van der Waals surface area contributed by atoms with E-state index in [0.29, 0.717) is 15.2 Å². The molecule has 0 aliphatic carbocycles. The Kier molecular flexibility index (Phi) is 3.51. The molecule has 1 amide bonds. The molecule has 0 fully saturated rings. The molecule has 1 rings (SSSR count). The Morgan fingerprint density at radius 3 is 2.92 bits per heavy atom. The Labute approximate surface area is 89.7 Å². The second-order valence-electron chi connectivity index (χ2n) is 2.29. The highest BCUT2D eigenvalue weighted by Gasteiger charge is 2.04. The number of halogens is 2. The van der Waals surface area contributed by atoms with E-state index in [1.54, 1.807) is 18.2 Å². The van der Waals surface area contributed by atoms with Crippen LogP contribution in [0.25, 0.3) is 0 Å². The molecule has 1 aromatic carbocycles. The Balaban J connectivity index is 2.95. The van der Waals surface area contributed by atoms with Crippen LogP contribution < -0.4 is 5.32 Å². The third kappa shape index (κ3) is 2.57. The average Bonchev–Trinajstić information content (AvgIpc) is 2.13. The Morgan fingerprint density at radius 2 is 2.31 bits per heavy atom. The summed E-state index contributed by atoms with van der Waals surface area (Å²) < 4.78 is 0.673. The van der Waals surface area contributed by atoms with Crippen molar-refractivity contribution in [1.29, 1.82) is 0 Å². The number of hydrogen-bond acceptors (Lipinski definition) is 1. The van der Waals surface area contributed by atoms with Crippen LogP contribution in [0.4, 0.5) is 5.69 Å². The van der Waals surface area contributed by atoms with E-state index < -0.39 is 0 Å². The van der Waals surface area contributed by atoms with E-state index in [1.807, 2.05) is 0 Å². The van der Waals surface area contributed by atoms with Gasteiger partial charge in [-0.05, 0) is 34.1 Å². The van der Waals surface area contributed by atoms with Gasteiger partial charge in [0.1, 0.15) is 0 Å². The second kappa shape index (κ2) is 4.44. The summed E-state index contributed by atoms with van der Waals surface area (Å²) in [7, 11) is 0. The van der Waals surface area contributed by atoms with Crippen LogP contribution in [0.3, 0.4) is 0 Å². The summed E-state index contributed by atoms with van der Waals surface area (Å²) in [6, 6.07) is 5.23. The number of carbonyl (C=O) groups excluding carboxylic acids is 1. The maximum atomic E-state index is 11.0. The lowest BCUT2D eigenvalue weighted by atomic mass is 10.3. The fraction of sp³-hybridized carbons (Fsp3) is 0. The lowest BCUT2D eigenvalue weighted by Gasteiger charge is -2.05. The van der Waals surface area contributed by atoms with Gasteiger partial charge in [-0.25, -0.2) is 0 Å². The van der Waals surface area contributed by atoms with E-state index in [4.69, 9.17) is 11.6 Å². The van der Waals surface area contributed by atoms with Gasteiger partial charge in [-0.15, -0.1) is 0 Å². The lowest BCUT2D eigenvalue weighted by molar-refractivity contribution is -0.111. The zero-order valence-electron chi connectivity index (χ0n) is 6.68. The molecule has 0 aromatic heterocycles. The van der Waals surface area contributed by atoms with Gasteiger partial charge in [-0.1, -0.05) is 24.2 Å². The summed E-state index contributed by atoms with van der Waals surface area (Å²) in [6.45, 7) is 3.35. The van der Waals surface area contributed by atoms with Crippen molar-refractivity contribution in [3.8, 4) is 0 Å². The molecule has 1 N–H and O–H groups in total. The minimum Gasteiger partial charge on any atom is -0.321 e. The van der Waals surface area contributed by atoms with Crippen molar-refractivity contribution >= 4 is 39.1 Å². The molecule has 68 valence electrons. The third-order valence-corrected chi connectivity index (χ3v) is 2.79. The summed E-state index contributed by atoms with van der Waals surface area (Å²) in [6.07, 6.45) is 1.20. The van der Waals surface area contributed by atoms with Crippen molar-refractivity contribution in [2.75, 3.05) is 5.32 Å². The minimum atomic E-state index is -0.261. The number of anilines is 1. The van der Waals surface area contributed by atoms with Crippen LogP contribution in [0.1, 0.15) is 0 Å². The molecule has 2 nitrogen and oxygen atoms in total. The Bertz CT molecular complexity index is 351. The predicted molar refractivity (Wildman–Crippen MR) is 58.0 cm³/mol. The molecule has 0 spiro atoms. The van der Waals surface area contributed by atoms with Crippen LogP contribution in [0, 0.1) is 0 Å². The number of carbonyl (C=O) groups is 1. The van der Waals surface area contributed by atoms with Gasteiger partial charge in [-0.2, -0.15) is 0 Å². The topological polar surface area (TPSA) is 29.1 Å². The number of amides is 1. The molecular formula is C9H7BrClNO. The summed E-state index contributed by atoms with van der Waals surface area (Å²) in [5, 5.41) is 3.17. The van der Waals surface area contributed by atoms with Crippen molar-refractivity contribution in [2.45, 2.75) is 0 Å². The fourth-order valence-corrected chi connectivity index (χ4v) is 1.32. The zero-order valence-corrected chi connectivity index (χ0v) is 9.02. The number of benzene rings is 1. The highest BCUT2D eigenvalue weighted by Crippen LogP contribution is 2.29. The maximum absolute atomic E-state index is 11.0. The van der Waals surface area contributed by atoms with E-state index in [-0.39, 0.29) is 5.91 Å². The zero-order chi connectivity index (χ0) is 9.84. The Morgan fingerprint density at radius 1 is 1.62 bits per heavy atom. The van der Waals surface area contributed by atoms with E-state index >= 15 is 0 Å². The molecule has 0 bridgehead atoms. The first-order valence-electron chi connectivity index (χ1n) is 3.52. The van der Waals surface area contributed by atoms with Crippen molar-refractivity contribution in [2.24, 2.45) is 0 Å². The molecule has 13 heavy (non-hydrogen) atoms. The summed E-state index contributed by atoms with van der Waals surface area (Å²) >= 11 is 9.07. The van der Waals surface area contributed by atoms with Gasteiger partial charge in [0.15, 0.2) is 0 Å². The van der Waals surface area contributed by atoms with Gasteiger partial charge < -0.3 is 5.32 Å². The molecule has 0 saturated heterocycles. The average molecular weight is 261 g/mol. The van der Waals surface area contributed by atoms with Gasteiger partial charge in [-0.3, -0.25) is 4.79 Å². The van der Waals surface area contributed by atoms with Gasteiger partial charge in [0.25, 0.3) is 0 Å². The fourth-order valence-electron chi connectivity index (χ4n) is 0.784. The Hall–Kier alpha value is -0.800. The van der Waals surface area contributed by atoms with Gasteiger partial charge >= 0.3 is 0 Å². The third-order valence-electron chi connectivity index (χ3n) is 1.39. The highest BCUT2D eigenvalue weighted by atomic mass is 79.9. The van der Waals surface area contributed by atoms with E-state index in [2.05, 4.69) is 27.8 Å². The summed E-state index contributed by atoms with van der Waals surface area (Å²) in [5.74, 6) is -0.261. The summed E-state index contributed by atoms with van der Waals surface area (Å²) in [5.41, 5.74) is 0.636. The van der Waals surface area contributed by atoms with E-state index in [0.717, 1.165) is 0 Å². The van der Waals surface area contributed by atoms with Gasteiger partial charge in [0.05, 0.1) is 15.2 Å². The first kappa shape index (κ1) is 10.3. The molecule has 0 saturated carbocycles. The molecule has 0 aliphatic heterocycles. The molecular weight excluding hydrogens is 253 g/mol. The van der Waals surface area contributed by atoms with Crippen molar-refractivity contribution in [3.05, 3.63) is 40.3 Å². The molecule has 0 unspecified atom stereocenters. The quantitative estimate of drug-likeness (QED) is 0.813. The molecule has 0 heterocycles. The van der Waals surface area contributed by atoms with Crippen LogP contribution in [0.5, 0.6) is 0 Å². The molecule has 0 atom stereocenters. The van der Waals surface area contributed by atoms with Crippen LogP contribution in [0.15, 0.2) is 35.3 Å². The van der Waals surface area contributed by atoms with Gasteiger partial charge in [0, 0.05) is 0 Å². The first-order valence-corrected chi connectivity index (χ1v) is 4.69. The van der Waals surface area contributed by atoms with Gasteiger partial charge in [0.2, 0.25) is 5.91 Å². The molecule has 1 aromatic rings. The van der Waals surface area contributed by atoms with Crippen LogP contribution in [-0.4, -0.2) is 5.91 Å². The first-order chi connectivity index (χ1) is 6.15. The molecule has 0 radical (unpaired) electrons. The van der Waals surface area contributed by atoms with Crippen LogP contribution >= 0.6 is 27.5 Å². The minimum absolute atomic E-state index is 0.261. The standard InChI is InChI=1S/C9H7BrClNO/c1-2-8(13)12-7-5-3-4-6(11)9(7)10/h2-5H,1H2,(H,12,13). The smallest absolute Gasteiger partial charge is 0.247 e. The highest BCUT2D eigenvalue weighted by molar-refractivity contribution is 9.10. The van der Waals surface area contributed by atoms with Crippen LogP contribution in [0.2, 0.25) is 5.02 Å². The number of rotatable bonds is 2.